The molecule has 0 saturated carbocycles. The number of nitrogen functional groups attached to an aromatic ring is 2. The van der Waals surface area contributed by atoms with Crippen LogP contribution in [0.25, 0.3) is 22.1 Å². The van der Waals surface area contributed by atoms with Gasteiger partial charge in [-0.1, -0.05) is 17.3 Å². The molecule has 0 aliphatic heterocycles. The molecule has 7 aromatic heterocycles. The first-order valence-electron chi connectivity index (χ1n) is 15.3. The molecule has 4 N–H and O–H groups in total. The number of nitrogens with two attached hydrogens (primary N) is 2. The topological polar surface area (TPSA) is 184 Å². The molecule has 0 aromatic carbocycles. The molecule has 7 aromatic rings. The van der Waals surface area contributed by atoms with Crippen molar-refractivity contribution in [1.29, 1.82) is 0 Å². The smallest absolute Gasteiger partial charge is 0.243 e. The molecule has 0 aliphatic rings. The third-order valence-corrected chi connectivity index (χ3v) is 7.55. The van der Waals surface area contributed by atoms with E-state index in [1.807, 2.05) is 83.0 Å². The number of nitrogens with zero attached hydrogens (tertiary/aromatic N) is 9. The van der Waals surface area contributed by atoms with Crippen molar-refractivity contribution in [2.75, 3.05) is 18.1 Å². The number of rotatable bonds is 13. The number of aromatic nitrogens is 9. The van der Waals surface area contributed by atoms with Gasteiger partial charge < -0.3 is 34.6 Å². The van der Waals surface area contributed by atoms with Gasteiger partial charge in [0.15, 0.2) is 0 Å². The molecule has 0 saturated heterocycles. The van der Waals surface area contributed by atoms with Crippen LogP contribution < -0.4 is 20.9 Å². The Kier molecular flexibility index (Phi) is 8.28. The van der Waals surface area contributed by atoms with Crippen LogP contribution >= 0.6 is 0 Å². The predicted molar refractivity (Wildman–Crippen MR) is 175 cm³/mol. The third-order valence-electron chi connectivity index (χ3n) is 7.55. The highest BCUT2D eigenvalue weighted by molar-refractivity contribution is 5.82. The predicted octanol–water partition coefficient (Wildman–Crippen LogP) is 4.50. The summed E-state index contributed by atoms with van der Waals surface area (Å²) < 4.78 is 21.3. The van der Waals surface area contributed by atoms with Crippen LogP contribution in [0.3, 0.4) is 0 Å². The fourth-order valence-corrected chi connectivity index (χ4v) is 5.45. The van der Waals surface area contributed by atoms with Crippen molar-refractivity contribution in [2.24, 2.45) is 0 Å². The van der Waals surface area contributed by atoms with Gasteiger partial charge in [0.25, 0.3) is 0 Å². The molecular weight excluding hydrogens is 598 g/mol. The van der Waals surface area contributed by atoms with E-state index >= 15 is 0 Å². The number of unbranched alkanes of at least 4 members (excludes halogenated alkanes) is 1. The number of fused-ring (bicyclic) bond motifs is 2. The molecule has 0 aliphatic carbocycles. The summed E-state index contributed by atoms with van der Waals surface area (Å²) in [6, 6.07) is 17.5. The van der Waals surface area contributed by atoms with Crippen LogP contribution in [0.1, 0.15) is 41.4 Å². The van der Waals surface area contributed by atoms with Crippen molar-refractivity contribution >= 4 is 34.0 Å². The zero-order valence-corrected chi connectivity index (χ0v) is 25.8. The van der Waals surface area contributed by atoms with E-state index in [1.54, 1.807) is 6.20 Å². The van der Waals surface area contributed by atoms with Gasteiger partial charge in [0, 0.05) is 30.4 Å². The largest absolute Gasteiger partial charge is 0.476 e. The molecular formula is C33H33N11O3. The lowest BCUT2D eigenvalue weighted by Gasteiger charge is -2.11. The molecule has 238 valence electrons. The van der Waals surface area contributed by atoms with Crippen molar-refractivity contribution in [3.05, 3.63) is 102 Å². The first-order valence-corrected chi connectivity index (χ1v) is 15.3. The van der Waals surface area contributed by atoms with Gasteiger partial charge in [0.1, 0.15) is 29.1 Å². The van der Waals surface area contributed by atoms with Gasteiger partial charge in [-0.3, -0.25) is 9.97 Å². The van der Waals surface area contributed by atoms with Crippen LogP contribution in [-0.2, 0) is 26.1 Å². The minimum atomic E-state index is 0.136. The molecule has 0 spiro atoms. The van der Waals surface area contributed by atoms with E-state index in [4.69, 9.17) is 30.4 Å². The minimum Gasteiger partial charge on any atom is -0.476 e. The summed E-state index contributed by atoms with van der Waals surface area (Å²) in [6.07, 6.45) is 8.15. The summed E-state index contributed by atoms with van der Waals surface area (Å²) in [5.41, 5.74) is 18.4. The van der Waals surface area contributed by atoms with Gasteiger partial charge in [-0.15, -0.1) is 0 Å². The number of anilines is 2. The summed E-state index contributed by atoms with van der Waals surface area (Å²) in [7, 11) is 0. The molecule has 7 heterocycles. The van der Waals surface area contributed by atoms with Crippen LogP contribution in [-0.4, -0.2) is 50.8 Å². The molecule has 0 radical (unpaired) electrons. The first kappa shape index (κ1) is 29.6. The van der Waals surface area contributed by atoms with Crippen LogP contribution in [0.2, 0.25) is 0 Å². The maximum absolute atomic E-state index is 6.14. The first-order chi connectivity index (χ1) is 23.0. The SMILES string of the molecule is Cc1cc(COc2nc(N)nc3ccn(Cc4cccc(CCCCOc5nc(N)nc6ccn(Cc7ccccn7)c56)n4)c23)no1. The van der Waals surface area contributed by atoms with Crippen molar-refractivity contribution in [3.8, 4) is 11.8 Å². The highest BCUT2D eigenvalue weighted by Crippen LogP contribution is 2.27. The standard InChI is InChI=1S/C33H33N11O3/c1-21-17-25(42-47-21)20-46-31-29-27(39-33(35)41-31)12-15-44(29)19-24-10-6-9-22(37-24)7-3-5-16-45-30-28-26(38-32(34)40-30)11-14-43(28)18-23-8-2-4-13-36-23/h2,4,6,8-15,17H,3,5,7,16,18-20H2,1H3,(H2,34,38,40)(H2,35,39,41). The average Bonchev–Trinajstić information content (AvgIpc) is 3.79. The van der Waals surface area contributed by atoms with Crippen molar-refractivity contribution < 1.29 is 14.0 Å². The summed E-state index contributed by atoms with van der Waals surface area (Å²) in [4.78, 5) is 26.8. The highest BCUT2D eigenvalue weighted by Gasteiger charge is 2.16. The van der Waals surface area contributed by atoms with Crippen molar-refractivity contribution in [2.45, 2.75) is 45.9 Å². The quantitative estimate of drug-likeness (QED) is 0.170. The Morgan fingerprint density at radius 2 is 1.38 bits per heavy atom. The maximum atomic E-state index is 6.14. The van der Waals surface area contributed by atoms with Crippen molar-refractivity contribution in [3.63, 3.8) is 0 Å². The Morgan fingerprint density at radius 3 is 2.06 bits per heavy atom. The van der Waals surface area contributed by atoms with Crippen molar-refractivity contribution in [1.82, 2.24) is 44.2 Å². The monoisotopic (exact) mass is 631 g/mol. The number of hydrogen-bond acceptors (Lipinski definition) is 12. The summed E-state index contributed by atoms with van der Waals surface area (Å²) in [5.74, 6) is 1.87. The van der Waals surface area contributed by atoms with Crippen LogP contribution in [0.15, 0.2) is 77.7 Å². The van der Waals surface area contributed by atoms with Crippen LogP contribution in [0, 0.1) is 6.92 Å². The third kappa shape index (κ3) is 6.81. The molecule has 14 heteroatoms. The summed E-state index contributed by atoms with van der Waals surface area (Å²) in [6.45, 7) is 3.59. The van der Waals surface area contributed by atoms with E-state index in [0.717, 1.165) is 52.9 Å². The molecule has 0 atom stereocenters. The fraction of sp³-hybridized carbons (Fsp3) is 0.242. The van der Waals surface area contributed by atoms with Gasteiger partial charge in [0.05, 0.1) is 42.1 Å². The molecule has 7 rings (SSSR count). The Balaban J connectivity index is 0.978. The normalized spacial score (nSPS) is 11.4. The lowest BCUT2D eigenvalue weighted by Crippen LogP contribution is -2.08. The molecule has 0 bridgehead atoms. The second kappa shape index (κ2) is 13.1. The van der Waals surface area contributed by atoms with E-state index in [9.17, 15) is 0 Å². The summed E-state index contributed by atoms with van der Waals surface area (Å²) >= 11 is 0. The zero-order chi connectivity index (χ0) is 32.2. The van der Waals surface area contributed by atoms with E-state index < -0.39 is 0 Å². The molecule has 0 fully saturated rings. The number of pyridine rings is 2. The second-order valence-corrected chi connectivity index (χ2v) is 11.1. The Bertz CT molecular complexity index is 2140. The van der Waals surface area contributed by atoms with Crippen LogP contribution in [0.4, 0.5) is 11.9 Å². The van der Waals surface area contributed by atoms with E-state index in [-0.39, 0.29) is 18.5 Å². The van der Waals surface area contributed by atoms with Gasteiger partial charge >= 0.3 is 0 Å². The fourth-order valence-electron chi connectivity index (χ4n) is 5.45. The van der Waals surface area contributed by atoms with E-state index in [0.29, 0.717) is 48.4 Å². The van der Waals surface area contributed by atoms with Crippen LogP contribution in [0.5, 0.6) is 11.8 Å². The average molecular weight is 632 g/mol. The Hall–Kier alpha value is -6.05. The highest BCUT2D eigenvalue weighted by atomic mass is 16.5. The number of aryl methyl sites for hydroxylation is 2. The zero-order valence-electron chi connectivity index (χ0n) is 25.8. The number of hydrogen-bond donors (Lipinski definition) is 2. The van der Waals surface area contributed by atoms with E-state index in [2.05, 4.69) is 30.1 Å². The Morgan fingerprint density at radius 1 is 0.702 bits per heavy atom. The van der Waals surface area contributed by atoms with Gasteiger partial charge in [-0.2, -0.15) is 9.97 Å². The lowest BCUT2D eigenvalue weighted by atomic mass is 10.1. The minimum absolute atomic E-state index is 0.136. The number of ether oxygens (including phenoxy) is 2. The molecule has 0 amide bonds. The second-order valence-electron chi connectivity index (χ2n) is 11.1. The van der Waals surface area contributed by atoms with Gasteiger partial charge in [0.2, 0.25) is 23.7 Å². The van der Waals surface area contributed by atoms with Gasteiger partial charge in [-0.05, 0) is 62.6 Å². The summed E-state index contributed by atoms with van der Waals surface area (Å²) in [5, 5.41) is 3.99. The molecule has 0 unspecified atom stereocenters. The molecule has 14 nitrogen and oxygen atoms in total. The Labute approximate surface area is 269 Å². The molecule has 47 heavy (non-hydrogen) atoms. The van der Waals surface area contributed by atoms with Gasteiger partial charge in [-0.25, -0.2) is 9.97 Å². The lowest BCUT2D eigenvalue weighted by molar-refractivity contribution is 0.280. The maximum Gasteiger partial charge on any atom is 0.243 e. The van der Waals surface area contributed by atoms with E-state index in [1.165, 1.54) is 0 Å².